The van der Waals surface area contributed by atoms with Crippen LogP contribution >= 0.6 is 0 Å². The van der Waals surface area contributed by atoms with E-state index in [1.54, 1.807) is 0 Å². The Balaban J connectivity index is 6.01. The van der Waals surface area contributed by atoms with Crippen LogP contribution in [0.2, 0.25) is 0 Å². The standard InChI is InChI=1S/C6H2F9NO2S/c1-2-16-19(17,18)6(14,15)4(9,10)3(7,8)5(11,12)13/h1,16H. The van der Waals surface area contributed by atoms with Gasteiger partial charge in [0.15, 0.2) is 0 Å². The maximum Gasteiger partial charge on any atom is 0.460 e. The van der Waals surface area contributed by atoms with Gasteiger partial charge in [-0.2, -0.15) is 47.9 Å². The van der Waals surface area contributed by atoms with E-state index in [4.69, 9.17) is 0 Å². The lowest BCUT2D eigenvalue weighted by Gasteiger charge is -2.32. The molecule has 0 fully saturated rings. The van der Waals surface area contributed by atoms with Crippen LogP contribution in [0, 0.1) is 12.5 Å². The van der Waals surface area contributed by atoms with Crippen LogP contribution in [0.25, 0.3) is 0 Å². The fourth-order valence-electron chi connectivity index (χ4n) is 0.671. The zero-order chi connectivity index (χ0) is 15.9. The van der Waals surface area contributed by atoms with Gasteiger partial charge in [0.1, 0.15) is 0 Å². The van der Waals surface area contributed by atoms with Crippen LogP contribution in [-0.2, 0) is 10.0 Å². The molecule has 0 aliphatic carbocycles. The van der Waals surface area contributed by atoms with Gasteiger partial charge in [0.2, 0.25) is 0 Å². The molecule has 0 aromatic carbocycles. The molecule has 0 aliphatic heterocycles. The van der Waals surface area contributed by atoms with Gasteiger partial charge in [-0.25, -0.2) is 4.72 Å². The van der Waals surface area contributed by atoms with Crippen LogP contribution in [-0.4, -0.2) is 31.7 Å². The molecular weight excluding hydrogens is 321 g/mol. The number of hydrogen-bond acceptors (Lipinski definition) is 2. The van der Waals surface area contributed by atoms with Crippen LogP contribution < -0.4 is 4.72 Å². The van der Waals surface area contributed by atoms with Gasteiger partial charge >= 0.3 is 33.3 Å². The lowest BCUT2D eigenvalue weighted by Crippen LogP contribution is -2.64. The topological polar surface area (TPSA) is 46.2 Å². The molecule has 0 radical (unpaired) electrons. The van der Waals surface area contributed by atoms with E-state index in [0.29, 0.717) is 6.04 Å². The molecule has 0 aliphatic rings. The quantitative estimate of drug-likeness (QED) is 0.488. The van der Waals surface area contributed by atoms with Crippen molar-refractivity contribution in [2.75, 3.05) is 0 Å². The average Bonchev–Trinajstić information content (AvgIpc) is 2.14. The molecule has 112 valence electrons. The third-order valence-electron chi connectivity index (χ3n) is 1.65. The van der Waals surface area contributed by atoms with E-state index in [2.05, 4.69) is 6.42 Å². The molecule has 0 amide bonds. The summed E-state index contributed by atoms with van der Waals surface area (Å²) in [5, 5.41) is -6.80. The van der Waals surface area contributed by atoms with Gasteiger partial charge in [0, 0.05) is 6.04 Å². The van der Waals surface area contributed by atoms with Gasteiger partial charge in [0.25, 0.3) is 0 Å². The van der Waals surface area contributed by atoms with Crippen LogP contribution in [0.1, 0.15) is 0 Å². The summed E-state index contributed by atoms with van der Waals surface area (Å²) < 4.78 is 131. The first-order chi connectivity index (χ1) is 8.06. The van der Waals surface area contributed by atoms with Crippen LogP contribution in [0.5, 0.6) is 0 Å². The average molecular weight is 323 g/mol. The molecule has 0 saturated carbocycles. The van der Waals surface area contributed by atoms with E-state index in [1.807, 2.05) is 0 Å². The minimum Gasteiger partial charge on any atom is -0.237 e. The first-order valence-electron chi connectivity index (χ1n) is 3.73. The second-order valence-corrected chi connectivity index (χ2v) is 4.64. The van der Waals surface area contributed by atoms with E-state index in [9.17, 15) is 47.9 Å². The Labute approximate surface area is 99.4 Å². The highest BCUT2D eigenvalue weighted by atomic mass is 32.2. The maximum absolute atomic E-state index is 12.7. The lowest BCUT2D eigenvalue weighted by molar-refractivity contribution is -0.382. The molecule has 0 rings (SSSR count). The van der Waals surface area contributed by atoms with Gasteiger partial charge in [0.05, 0.1) is 0 Å². The number of terminal acetylenes is 1. The highest BCUT2D eigenvalue weighted by molar-refractivity contribution is 7.90. The van der Waals surface area contributed by atoms with Gasteiger partial charge < -0.3 is 0 Å². The van der Waals surface area contributed by atoms with E-state index >= 15 is 0 Å². The summed E-state index contributed by atoms with van der Waals surface area (Å²) in [5.41, 5.74) is 0. The van der Waals surface area contributed by atoms with Crippen molar-refractivity contribution in [2.45, 2.75) is 23.3 Å². The summed E-state index contributed by atoms with van der Waals surface area (Å²) in [7, 11) is -6.66. The summed E-state index contributed by atoms with van der Waals surface area (Å²) in [6, 6.07) is 0.699. The minimum absolute atomic E-state index is 0.261. The molecule has 0 unspecified atom stereocenters. The Morgan fingerprint density at radius 1 is 0.842 bits per heavy atom. The summed E-state index contributed by atoms with van der Waals surface area (Å²) in [5.74, 6) is -14.6. The van der Waals surface area contributed by atoms with Crippen molar-refractivity contribution < 1.29 is 47.9 Å². The SMILES string of the molecule is C#CNS(=O)(=O)C(F)(F)C(F)(F)C(F)(F)C(F)(F)F. The summed E-state index contributed by atoms with van der Waals surface area (Å²) in [4.78, 5) is 0. The predicted octanol–water partition coefficient (Wildman–Crippen LogP) is 1.92. The molecule has 0 heterocycles. The van der Waals surface area contributed by atoms with Crippen LogP contribution in [0.4, 0.5) is 39.5 Å². The Morgan fingerprint density at radius 3 is 1.47 bits per heavy atom. The zero-order valence-electron chi connectivity index (χ0n) is 8.20. The largest absolute Gasteiger partial charge is 0.460 e. The fraction of sp³-hybridized carbons (Fsp3) is 0.667. The van der Waals surface area contributed by atoms with Gasteiger partial charge in [-0.15, -0.1) is 0 Å². The van der Waals surface area contributed by atoms with Crippen molar-refractivity contribution in [3.63, 3.8) is 0 Å². The van der Waals surface area contributed by atoms with E-state index in [0.717, 1.165) is 0 Å². The third-order valence-corrected chi connectivity index (χ3v) is 2.96. The molecule has 0 saturated heterocycles. The van der Waals surface area contributed by atoms with Gasteiger partial charge in [-0.05, 0) is 0 Å². The Hall–Kier alpha value is -1.32. The molecule has 0 aromatic rings. The number of nitrogens with one attached hydrogen (secondary N) is 1. The highest BCUT2D eigenvalue weighted by Gasteiger charge is 2.85. The molecule has 0 aromatic heterocycles. The monoisotopic (exact) mass is 323 g/mol. The summed E-state index contributed by atoms with van der Waals surface area (Å²) in [6.45, 7) is 0. The number of hydrogen-bond donors (Lipinski definition) is 1. The summed E-state index contributed by atoms with van der Waals surface area (Å²) in [6.07, 6.45) is -2.98. The smallest absolute Gasteiger partial charge is 0.237 e. The second-order valence-electron chi connectivity index (χ2n) is 2.91. The molecule has 3 nitrogen and oxygen atoms in total. The Bertz CT molecular complexity index is 486. The van der Waals surface area contributed by atoms with Crippen molar-refractivity contribution >= 4 is 10.0 Å². The second kappa shape index (κ2) is 4.36. The highest BCUT2D eigenvalue weighted by Crippen LogP contribution is 2.54. The van der Waals surface area contributed by atoms with Crippen molar-refractivity contribution in [2.24, 2.45) is 0 Å². The molecule has 1 N–H and O–H groups in total. The lowest BCUT2D eigenvalue weighted by atomic mass is 10.1. The predicted molar refractivity (Wildman–Crippen MR) is 41.8 cm³/mol. The minimum atomic E-state index is -7.30. The van der Waals surface area contributed by atoms with Crippen molar-refractivity contribution in [3.8, 4) is 12.5 Å². The normalized spacial score (nSPS) is 14.9. The first-order valence-corrected chi connectivity index (χ1v) is 5.21. The van der Waals surface area contributed by atoms with E-state index < -0.39 is 33.3 Å². The van der Waals surface area contributed by atoms with Gasteiger partial charge in [-0.3, -0.25) is 0 Å². The molecule has 0 spiro atoms. The Morgan fingerprint density at radius 2 is 1.21 bits per heavy atom. The van der Waals surface area contributed by atoms with Crippen molar-refractivity contribution in [1.82, 2.24) is 4.72 Å². The van der Waals surface area contributed by atoms with Crippen LogP contribution in [0.3, 0.4) is 0 Å². The Kier molecular flexibility index (Phi) is 4.05. The third kappa shape index (κ3) is 2.40. The molecule has 0 atom stereocenters. The van der Waals surface area contributed by atoms with Gasteiger partial charge in [-0.1, -0.05) is 6.42 Å². The van der Waals surface area contributed by atoms with Crippen LogP contribution in [0.15, 0.2) is 0 Å². The summed E-state index contributed by atoms with van der Waals surface area (Å²) >= 11 is 0. The maximum atomic E-state index is 12.7. The number of rotatable bonds is 4. The fourth-order valence-corrected chi connectivity index (χ4v) is 1.42. The zero-order valence-corrected chi connectivity index (χ0v) is 9.02. The number of halogens is 9. The molecule has 13 heteroatoms. The molecular formula is C6H2F9NO2S. The van der Waals surface area contributed by atoms with Crippen molar-refractivity contribution in [1.29, 1.82) is 0 Å². The van der Waals surface area contributed by atoms with Crippen molar-refractivity contribution in [3.05, 3.63) is 0 Å². The molecule has 0 bridgehead atoms. The first kappa shape index (κ1) is 17.7. The number of alkyl halides is 9. The van der Waals surface area contributed by atoms with E-state index in [-0.39, 0.29) is 4.72 Å². The van der Waals surface area contributed by atoms with E-state index in [1.165, 1.54) is 0 Å². The molecule has 19 heavy (non-hydrogen) atoms. The number of sulfonamides is 1.